The number of amides is 1. The summed E-state index contributed by atoms with van der Waals surface area (Å²) in [6, 6.07) is 1.79. The van der Waals surface area contributed by atoms with Crippen molar-refractivity contribution in [2.45, 2.75) is 37.9 Å². The SMILES string of the molecule is CC(N)C(=O)N1C(C#N)CC2CC21. The van der Waals surface area contributed by atoms with E-state index in [-0.39, 0.29) is 11.9 Å². The maximum Gasteiger partial charge on any atom is 0.240 e. The van der Waals surface area contributed by atoms with E-state index in [0.29, 0.717) is 12.0 Å². The standard InChI is InChI=1S/C9H13N3O/c1-5(11)9(13)12-7(4-10)2-6-3-8(6)12/h5-8H,2-3,11H2,1H3. The highest BCUT2D eigenvalue weighted by Crippen LogP contribution is 2.47. The van der Waals surface area contributed by atoms with Crippen LogP contribution in [-0.4, -0.2) is 28.9 Å². The van der Waals surface area contributed by atoms with E-state index in [1.54, 1.807) is 11.8 Å². The smallest absolute Gasteiger partial charge is 0.240 e. The first-order valence-corrected chi connectivity index (χ1v) is 4.62. The summed E-state index contributed by atoms with van der Waals surface area (Å²) in [6.45, 7) is 1.67. The Morgan fingerprint density at radius 3 is 2.92 bits per heavy atom. The summed E-state index contributed by atoms with van der Waals surface area (Å²) in [5.74, 6) is 0.504. The van der Waals surface area contributed by atoms with Crippen LogP contribution in [0.5, 0.6) is 0 Å². The van der Waals surface area contributed by atoms with Gasteiger partial charge in [0.25, 0.3) is 0 Å². The van der Waals surface area contributed by atoms with Crippen LogP contribution in [0.3, 0.4) is 0 Å². The van der Waals surface area contributed by atoms with Crippen LogP contribution in [0.4, 0.5) is 0 Å². The molecule has 0 spiro atoms. The molecule has 0 aromatic carbocycles. The van der Waals surface area contributed by atoms with Crippen LogP contribution in [0.15, 0.2) is 0 Å². The molecule has 1 aliphatic carbocycles. The Balaban J connectivity index is 2.13. The molecule has 1 saturated heterocycles. The predicted octanol–water partition coefficient (Wildman–Crippen LogP) is -0.153. The number of likely N-dealkylation sites (tertiary alicyclic amines) is 1. The third-order valence-electron chi connectivity index (χ3n) is 2.90. The second-order valence-corrected chi connectivity index (χ2v) is 3.98. The van der Waals surface area contributed by atoms with E-state index in [1.165, 1.54) is 0 Å². The summed E-state index contributed by atoms with van der Waals surface area (Å²) < 4.78 is 0. The first-order chi connectivity index (χ1) is 6.15. The second kappa shape index (κ2) is 2.71. The number of hydrogen-bond donors (Lipinski definition) is 1. The quantitative estimate of drug-likeness (QED) is 0.608. The minimum absolute atomic E-state index is 0.0726. The molecule has 2 N–H and O–H groups in total. The van der Waals surface area contributed by atoms with Crippen LogP contribution in [0, 0.1) is 17.2 Å². The molecule has 4 nitrogen and oxygen atoms in total. The van der Waals surface area contributed by atoms with Crippen LogP contribution in [0.1, 0.15) is 19.8 Å². The van der Waals surface area contributed by atoms with Crippen LogP contribution >= 0.6 is 0 Å². The van der Waals surface area contributed by atoms with Crippen molar-refractivity contribution < 1.29 is 4.79 Å². The summed E-state index contributed by atoms with van der Waals surface area (Å²) in [6.07, 6.45) is 1.91. The first kappa shape index (κ1) is 8.52. The van der Waals surface area contributed by atoms with E-state index in [0.717, 1.165) is 12.8 Å². The number of hydrogen-bond acceptors (Lipinski definition) is 3. The highest BCUT2D eigenvalue weighted by molar-refractivity contribution is 5.83. The van der Waals surface area contributed by atoms with Gasteiger partial charge in [-0.2, -0.15) is 5.26 Å². The molecule has 0 radical (unpaired) electrons. The molecule has 4 atom stereocenters. The molecule has 13 heavy (non-hydrogen) atoms. The lowest BCUT2D eigenvalue weighted by Crippen LogP contribution is -2.46. The topological polar surface area (TPSA) is 70.1 Å². The number of carbonyl (C=O) groups excluding carboxylic acids is 1. The largest absolute Gasteiger partial charge is 0.322 e. The number of piperidine rings is 1. The number of carbonyl (C=O) groups is 1. The number of rotatable bonds is 1. The fourth-order valence-electron chi connectivity index (χ4n) is 2.12. The number of fused-ring (bicyclic) bond motifs is 1. The fourth-order valence-corrected chi connectivity index (χ4v) is 2.12. The third kappa shape index (κ3) is 1.20. The number of nitrogens with two attached hydrogens (primary N) is 1. The zero-order chi connectivity index (χ0) is 9.59. The molecule has 1 aliphatic heterocycles. The molecule has 1 amide bonds. The molecule has 4 unspecified atom stereocenters. The summed E-state index contributed by atoms with van der Waals surface area (Å²) in [5, 5.41) is 8.82. The average molecular weight is 179 g/mol. The Kier molecular flexibility index (Phi) is 1.77. The van der Waals surface area contributed by atoms with Gasteiger partial charge in [-0.1, -0.05) is 0 Å². The molecule has 0 aromatic rings. The maximum absolute atomic E-state index is 11.6. The molecule has 0 bridgehead atoms. The van der Waals surface area contributed by atoms with Crippen LogP contribution in [0.2, 0.25) is 0 Å². The average Bonchev–Trinajstić information content (AvgIpc) is 2.76. The Hall–Kier alpha value is -1.08. The van der Waals surface area contributed by atoms with Crippen molar-refractivity contribution in [3.63, 3.8) is 0 Å². The minimum atomic E-state index is -0.477. The lowest BCUT2D eigenvalue weighted by atomic mass is 10.2. The molecule has 70 valence electrons. The lowest BCUT2D eigenvalue weighted by molar-refractivity contribution is -0.133. The molecule has 2 aliphatic rings. The van der Waals surface area contributed by atoms with Crippen molar-refractivity contribution in [3.05, 3.63) is 0 Å². The zero-order valence-electron chi connectivity index (χ0n) is 7.60. The fraction of sp³-hybridized carbons (Fsp3) is 0.778. The van der Waals surface area contributed by atoms with Crippen molar-refractivity contribution in [2.75, 3.05) is 0 Å². The molecular weight excluding hydrogens is 166 g/mol. The van der Waals surface area contributed by atoms with Gasteiger partial charge in [0.1, 0.15) is 6.04 Å². The van der Waals surface area contributed by atoms with Gasteiger partial charge in [0.05, 0.1) is 12.1 Å². The Morgan fingerprint density at radius 2 is 2.38 bits per heavy atom. The minimum Gasteiger partial charge on any atom is -0.322 e. The first-order valence-electron chi connectivity index (χ1n) is 4.62. The van der Waals surface area contributed by atoms with E-state index < -0.39 is 6.04 Å². The van der Waals surface area contributed by atoms with E-state index >= 15 is 0 Å². The second-order valence-electron chi connectivity index (χ2n) is 3.98. The lowest BCUT2D eigenvalue weighted by Gasteiger charge is -2.24. The van der Waals surface area contributed by atoms with Gasteiger partial charge in [-0.3, -0.25) is 4.79 Å². The molecule has 0 aromatic heterocycles. The summed E-state index contributed by atoms with van der Waals surface area (Å²) in [4.78, 5) is 13.3. The van der Waals surface area contributed by atoms with Gasteiger partial charge in [-0.05, 0) is 25.7 Å². The molecule has 1 heterocycles. The number of nitriles is 1. The zero-order valence-corrected chi connectivity index (χ0v) is 7.60. The molecule has 1 saturated carbocycles. The van der Waals surface area contributed by atoms with Gasteiger partial charge in [0.2, 0.25) is 5.91 Å². The summed E-state index contributed by atoms with van der Waals surface area (Å²) >= 11 is 0. The van der Waals surface area contributed by atoms with E-state index in [1.807, 2.05) is 0 Å². The summed E-state index contributed by atoms with van der Waals surface area (Å²) in [7, 11) is 0. The third-order valence-corrected chi connectivity index (χ3v) is 2.90. The van der Waals surface area contributed by atoms with Crippen LogP contribution in [0.25, 0.3) is 0 Å². The van der Waals surface area contributed by atoms with Crippen molar-refractivity contribution in [1.29, 1.82) is 5.26 Å². The van der Waals surface area contributed by atoms with Crippen molar-refractivity contribution >= 4 is 5.91 Å². The monoisotopic (exact) mass is 179 g/mol. The van der Waals surface area contributed by atoms with E-state index in [4.69, 9.17) is 11.0 Å². The van der Waals surface area contributed by atoms with Gasteiger partial charge in [-0.25, -0.2) is 0 Å². The van der Waals surface area contributed by atoms with Crippen LogP contribution in [-0.2, 0) is 4.79 Å². The molecule has 2 fully saturated rings. The Bertz CT molecular complexity index is 281. The Labute approximate surface area is 77.3 Å². The highest BCUT2D eigenvalue weighted by Gasteiger charge is 2.54. The number of nitrogens with zero attached hydrogens (tertiary/aromatic N) is 2. The van der Waals surface area contributed by atoms with Crippen molar-refractivity contribution in [1.82, 2.24) is 4.90 Å². The van der Waals surface area contributed by atoms with Crippen LogP contribution < -0.4 is 5.73 Å². The predicted molar refractivity (Wildman–Crippen MR) is 46.4 cm³/mol. The maximum atomic E-state index is 11.6. The molecule has 4 heteroatoms. The van der Waals surface area contributed by atoms with Gasteiger partial charge in [0, 0.05) is 6.04 Å². The van der Waals surface area contributed by atoms with E-state index in [9.17, 15) is 4.79 Å². The van der Waals surface area contributed by atoms with Crippen molar-refractivity contribution in [2.24, 2.45) is 11.7 Å². The highest BCUT2D eigenvalue weighted by atomic mass is 16.2. The normalized spacial score (nSPS) is 37.9. The van der Waals surface area contributed by atoms with E-state index in [2.05, 4.69) is 6.07 Å². The Morgan fingerprint density at radius 1 is 1.69 bits per heavy atom. The molecular formula is C9H13N3O. The van der Waals surface area contributed by atoms with Gasteiger partial charge in [-0.15, -0.1) is 0 Å². The van der Waals surface area contributed by atoms with Crippen molar-refractivity contribution in [3.8, 4) is 6.07 Å². The van der Waals surface area contributed by atoms with Gasteiger partial charge in [0.15, 0.2) is 0 Å². The van der Waals surface area contributed by atoms with Gasteiger partial charge < -0.3 is 10.6 Å². The molecule has 2 rings (SSSR count). The summed E-state index contributed by atoms with van der Waals surface area (Å²) in [5.41, 5.74) is 5.51. The van der Waals surface area contributed by atoms with Gasteiger partial charge >= 0.3 is 0 Å².